The van der Waals surface area contributed by atoms with Crippen molar-refractivity contribution in [2.45, 2.75) is 13.8 Å². The van der Waals surface area contributed by atoms with Gasteiger partial charge in [-0.15, -0.1) is 0 Å². The summed E-state index contributed by atoms with van der Waals surface area (Å²) in [6.07, 6.45) is 2.49. The van der Waals surface area contributed by atoms with Gasteiger partial charge in [-0.3, -0.25) is 9.10 Å². The molecule has 3 aromatic rings. The number of aryl methyl sites for hydroxylation is 1. The molecule has 0 fully saturated rings. The quantitative estimate of drug-likeness (QED) is 0.378. The average molecular weight is 521 g/mol. The third-order valence-electron chi connectivity index (χ3n) is 4.75. The summed E-state index contributed by atoms with van der Waals surface area (Å²) in [4.78, 5) is 12.3. The number of carbonyl (C=O) groups is 1. The summed E-state index contributed by atoms with van der Waals surface area (Å²) in [5.41, 5.74) is 6.28. The summed E-state index contributed by atoms with van der Waals surface area (Å²) >= 11 is 3.43. The highest BCUT2D eigenvalue weighted by molar-refractivity contribution is 9.10. The van der Waals surface area contributed by atoms with Crippen LogP contribution in [0.25, 0.3) is 5.69 Å². The van der Waals surface area contributed by atoms with E-state index in [0.29, 0.717) is 0 Å². The Morgan fingerprint density at radius 3 is 2.38 bits per heavy atom. The number of amides is 1. The van der Waals surface area contributed by atoms with Gasteiger partial charge in [-0.25, -0.2) is 18.2 Å². The summed E-state index contributed by atoms with van der Waals surface area (Å²) in [5, 5.41) is 3.98. The highest BCUT2D eigenvalue weighted by Crippen LogP contribution is 2.21. The zero-order valence-electron chi connectivity index (χ0n) is 17.7. The van der Waals surface area contributed by atoms with Crippen molar-refractivity contribution >= 4 is 43.8 Å². The van der Waals surface area contributed by atoms with E-state index in [9.17, 15) is 17.6 Å². The molecule has 32 heavy (non-hydrogen) atoms. The van der Waals surface area contributed by atoms with Gasteiger partial charge in [-0.1, -0.05) is 15.9 Å². The number of benzene rings is 2. The first-order valence-electron chi connectivity index (χ1n) is 9.56. The van der Waals surface area contributed by atoms with Gasteiger partial charge in [0.05, 0.1) is 18.2 Å². The summed E-state index contributed by atoms with van der Waals surface area (Å²) in [7, 11) is -3.75. The van der Waals surface area contributed by atoms with Crippen LogP contribution >= 0.6 is 15.9 Å². The van der Waals surface area contributed by atoms with Gasteiger partial charge in [0.2, 0.25) is 10.0 Å². The van der Waals surface area contributed by atoms with E-state index in [-0.39, 0.29) is 5.69 Å². The van der Waals surface area contributed by atoms with Crippen LogP contribution in [0.1, 0.15) is 17.0 Å². The molecule has 0 aliphatic carbocycles. The molecule has 2 aromatic carbocycles. The molecule has 1 aromatic heterocycles. The smallest absolute Gasteiger partial charge is 0.260 e. The molecule has 1 heterocycles. The Hall–Kier alpha value is -2.98. The lowest BCUT2D eigenvalue weighted by atomic mass is 10.2. The number of hydrogen-bond donors (Lipinski definition) is 1. The predicted octanol–water partition coefficient (Wildman–Crippen LogP) is 3.91. The van der Waals surface area contributed by atoms with Crippen LogP contribution in [0.3, 0.4) is 0 Å². The molecule has 1 amide bonds. The first kappa shape index (κ1) is 23.7. The van der Waals surface area contributed by atoms with Gasteiger partial charge in [-0.2, -0.15) is 5.10 Å². The third-order valence-corrected chi connectivity index (χ3v) is 6.42. The minimum atomic E-state index is -3.75. The molecule has 7 nitrogen and oxygen atoms in total. The van der Waals surface area contributed by atoms with Gasteiger partial charge < -0.3 is 4.57 Å². The number of rotatable bonds is 7. The van der Waals surface area contributed by atoms with E-state index < -0.39 is 28.3 Å². The Labute approximate surface area is 194 Å². The number of carbonyl (C=O) groups excluding carboxylic acids is 1. The SMILES string of the molecule is Cc1cc(C=NNC(=O)CN(c2ccc(F)cc2)S(C)(=O)=O)c(C)n1-c1ccc(Br)cc1. The van der Waals surface area contributed by atoms with Crippen LogP contribution in [0.4, 0.5) is 10.1 Å². The van der Waals surface area contributed by atoms with E-state index in [1.54, 1.807) is 0 Å². The fourth-order valence-electron chi connectivity index (χ4n) is 3.25. The van der Waals surface area contributed by atoms with Gasteiger partial charge in [0, 0.05) is 27.1 Å². The van der Waals surface area contributed by atoms with Crippen molar-refractivity contribution in [2.24, 2.45) is 5.10 Å². The minimum Gasteiger partial charge on any atom is -0.318 e. The number of nitrogens with one attached hydrogen (secondary N) is 1. The maximum absolute atomic E-state index is 13.2. The van der Waals surface area contributed by atoms with Crippen molar-refractivity contribution < 1.29 is 17.6 Å². The molecule has 0 unspecified atom stereocenters. The first-order valence-corrected chi connectivity index (χ1v) is 12.2. The molecule has 168 valence electrons. The minimum absolute atomic E-state index is 0.186. The molecule has 0 atom stereocenters. The lowest BCUT2D eigenvalue weighted by Crippen LogP contribution is -2.39. The number of hydrogen-bond acceptors (Lipinski definition) is 4. The highest BCUT2D eigenvalue weighted by Gasteiger charge is 2.20. The fourth-order valence-corrected chi connectivity index (χ4v) is 4.37. The molecule has 1 N–H and O–H groups in total. The van der Waals surface area contributed by atoms with Crippen LogP contribution in [0.5, 0.6) is 0 Å². The number of anilines is 1. The molecule has 3 rings (SSSR count). The van der Waals surface area contributed by atoms with Crippen molar-refractivity contribution in [3.8, 4) is 5.69 Å². The molecular weight excluding hydrogens is 499 g/mol. The standard InChI is InChI=1S/C22H22BrFN4O3S/c1-15-12-17(16(2)28(15)21-8-4-18(23)5-9-21)13-25-26-22(29)14-27(32(3,30)31)20-10-6-19(24)7-11-20/h4-13H,14H2,1-3H3,(H,26,29). The maximum atomic E-state index is 13.2. The number of halogens is 2. The Morgan fingerprint density at radius 2 is 1.78 bits per heavy atom. The largest absolute Gasteiger partial charge is 0.318 e. The Balaban J connectivity index is 1.73. The van der Waals surface area contributed by atoms with Gasteiger partial charge in [0.1, 0.15) is 12.4 Å². The Kier molecular flexibility index (Phi) is 7.15. The Morgan fingerprint density at radius 1 is 1.16 bits per heavy atom. The average Bonchev–Trinajstić information content (AvgIpc) is 3.00. The van der Waals surface area contributed by atoms with E-state index >= 15 is 0 Å². The monoisotopic (exact) mass is 520 g/mol. The highest BCUT2D eigenvalue weighted by atomic mass is 79.9. The second-order valence-electron chi connectivity index (χ2n) is 7.18. The molecule has 0 saturated heterocycles. The predicted molar refractivity (Wildman–Crippen MR) is 127 cm³/mol. The maximum Gasteiger partial charge on any atom is 0.260 e. The molecule has 0 aliphatic rings. The van der Waals surface area contributed by atoms with E-state index in [1.165, 1.54) is 18.3 Å². The topological polar surface area (TPSA) is 83.8 Å². The fraction of sp³-hybridized carbons (Fsp3) is 0.182. The molecule has 0 radical (unpaired) electrons. The zero-order valence-corrected chi connectivity index (χ0v) is 20.1. The van der Waals surface area contributed by atoms with E-state index in [0.717, 1.165) is 49.8 Å². The number of sulfonamides is 1. The molecule has 0 bridgehead atoms. The van der Waals surface area contributed by atoms with E-state index in [4.69, 9.17) is 0 Å². The van der Waals surface area contributed by atoms with Crippen LogP contribution in [0.15, 0.2) is 64.2 Å². The molecular formula is C22H22BrFN4O3S. The normalized spacial score (nSPS) is 11.7. The van der Waals surface area contributed by atoms with Crippen molar-refractivity contribution in [3.63, 3.8) is 0 Å². The third kappa shape index (κ3) is 5.63. The van der Waals surface area contributed by atoms with Crippen molar-refractivity contribution in [3.05, 3.63) is 81.8 Å². The summed E-state index contributed by atoms with van der Waals surface area (Å²) in [6, 6.07) is 14.7. The molecule has 0 aliphatic heterocycles. The van der Waals surface area contributed by atoms with Crippen LogP contribution in [-0.4, -0.2) is 37.9 Å². The van der Waals surface area contributed by atoms with Crippen LogP contribution in [0.2, 0.25) is 0 Å². The van der Waals surface area contributed by atoms with Crippen LogP contribution in [-0.2, 0) is 14.8 Å². The summed E-state index contributed by atoms with van der Waals surface area (Å²) in [5.74, 6) is -1.13. The van der Waals surface area contributed by atoms with Crippen molar-refractivity contribution in [1.29, 1.82) is 0 Å². The van der Waals surface area contributed by atoms with Crippen LogP contribution in [0, 0.1) is 19.7 Å². The molecule has 10 heteroatoms. The van der Waals surface area contributed by atoms with Crippen molar-refractivity contribution in [2.75, 3.05) is 17.1 Å². The number of aromatic nitrogens is 1. The van der Waals surface area contributed by atoms with E-state index in [1.807, 2.05) is 44.2 Å². The summed E-state index contributed by atoms with van der Waals surface area (Å²) < 4.78 is 41.3. The zero-order chi connectivity index (χ0) is 23.5. The number of nitrogens with zero attached hydrogens (tertiary/aromatic N) is 3. The second kappa shape index (κ2) is 9.66. The second-order valence-corrected chi connectivity index (χ2v) is 10.0. The molecule has 0 spiro atoms. The van der Waals surface area contributed by atoms with E-state index in [2.05, 4.69) is 31.0 Å². The van der Waals surface area contributed by atoms with Gasteiger partial charge >= 0.3 is 0 Å². The van der Waals surface area contributed by atoms with Gasteiger partial charge in [-0.05, 0) is 68.4 Å². The lowest BCUT2D eigenvalue weighted by molar-refractivity contribution is -0.119. The molecule has 0 saturated carbocycles. The van der Waals surface area contributed by atoms with Gasteiger partial charge in [0.25, 0.3) is 5.91 Å². The number of hydrazone groups is 1. The van der Waals surface area contributed by atoms with Gasteiger partial charge in [0.15, 0.2) is 0 Å². The summed E-state index contributed by atoms with van der Waals surface area (Å²) in [6.45, 7) is 3.43. The Bertz CT molecular complexity index is 1250. The van der Waals surface area contributed by atoms with Crippen LogP contribution < -0.4 is 9.73 Å². The first-order chi connectivity index (χ1) is 15.1. The van der Waals surface area contributed by atoms with Crippen molar-refractivity contribution in [1.82, 2.24) is 9.99 Å². The lowest BCUT2D eigenvalue weighted by Gasteiger charge is -2.21.